The third kappa shape index (κ3) is 1.57. The minimum Gasteiger partial charge on any atom is -0.347 e. The van der Waals surface area contributed by atoms with Crippen molar-refractivity contribution in [3.8, 4) is 6.07 Å². The van der Waals surface area contributed by atoms with Gasteiger partial charge < -0.3 is 4.98 Å². The predicted octanol–water partition coefficient (Wildman–Crippen LogP) is 2.33. The number of imidazole rings is 1. The van der Waals surface area contributed by atoms with Crippen molar-refractivity contribution in [1.29, 1.82) is 5.26 Å². The number of hydrogen-bond donors (Lipinski definition) is 1. The molecule has 3 heteroatoms. The molecule has 0 amide bonds. The molecule has 1 fully saturated rings. The van der Waals surface area contributed by atoms with Crippen LogP contribution in [-0.4, -0.2) is 9.97 Å². The van der Waals surface area contributed by atoms with E-state index in [1.807, 2.05) is 0 Å². The molecule has 1 aliphatic carbocycles. The number of aromatic nitrogens is 2. The first kappa shape index (κ1) is 8.31. The summed E-state index contributed by atoms with van der Waals surface area (Å²) in [4.78, 5) is 7.09. The second-order valence-electron chi connectivity index (χ2n) is 3.61. The van der Waals surface area contributed by atoms with Crippen LogP contribution in [0.25, 0.3) is 0 Å². The molecule has 3 nitrogen and oxygen atoms in total. The fraction of sp³-hybridized carbons (Fsp3) is 0.600. The van der Waals surface area contributed by atoms with Crippen molar-refractivity contribution in [2.45, 2.75) is 38.0 Å². The second-order valence-corrected chi connectivity index (χ2v) is 3.61. The highest BCUT2D eigenvalue weighted by Gasteiger charge is 2.19. The molecule has 1 aromatic rings. The Morgan fingerprint density at radius 1 is 1.38 bits per heavy atom. The van der Waals surface area contributed by atoms with Gasteiger partial charge in [0.15, 0.2) is 5.69 Å². The van der Waals surface area contributed by atoms with E-state index >= 15 is 0 Å². The maximum atomic E-state index is 8.81. The Labute approximate surface area is 77.8 Å². The summed E-state index contributed by atoms with van der Waals surface area (Å²) < 4.78 is 0. The average molecular weight is 175 g/mol. The first-order valence-electron chi connectivity index (χ1n) is 4.85. The number of nitriles is 1. The summed E-state index contributed by atoms with van der Waals surface area (Å²) in [5.74, 6) is 0.547. The number of hydrogen-bond acceptors (Lipinski definition) is 2. The molecule has 1 saturated carbocycles. The zero-order valence-electron chi connectivity index (χ0n) is 7.58. The largest absolute Gasteiger partial charge is 0.347 e. The van der Waals surface area contributed by atoms with Gasteiger partial charge in [0.05, 0.1) is 12.0 Å². The molecule has 1 heterocycles. The summed E-state index contributed by atoms with van der Waals surface area (Å²) in [6, 6.07) is 2.13. The monoisotopic (exact) mass is 175 g/mol. The fourth-order valence-corrected chi connectivity index (χ4v) is 2.10. The van der Waals surface area contributed by atoms with E-state index in [1.54, 1.807) is 6.33 Å². The predicted molar refractivity (Wildman–Crippen MR) is 49.1 cm³/mol. The maximum absolute atomic E-state index is 8.81. The van der Waals surface area contributed by atoms with Crippen LogP contribution >= 0.6 is 0 Å². The number of aromatic amines is 1. The molecule has 0 unspecified atom stereocenters. The van der Waals surface area contributed by atoms with E-state index in [4.69, 9.17) is 5.26 Å². The highest BCUT2D eigenvalue weighted by Crippen LogP contribution is 2.32. The lowest BCUT2D eigenvalue weighted by Crippen LogP contribution is -2.06. The van der Waals surface area contributed by atoms with Crippen molar-refractivity contribution in [3.63, 3.8) is 0 Å². The molecule has 2 rings (SSSR count). The SMILES string of the molecule is N#Cc1nc[nH]c1C1CCCCC1. The molecule has 13 heavy (non-hydrogen) atoms. The van der Waals surface area contributed by atoms with Gasteiger partial charge in [-0.2, -0.15) is 5.26 Å². The Morgan fingerprint density at radius 2 is 2.15 bits per heavy atom. The van der Waals surface area contributed by atoms with Gasteiger partial charge >= 0.3 is 0 Å². The fourth-order valence-electron chi connectivity index (χ4n) is 2.10. The highest BCUT2D eigenvalue weighted by atomic mass is 14.9. The summed E-state index contributed by atoms with van der Waals surface area (Å²) in [6.45, 7) is 0. The lowest BCUT2D eigenvalue weighted by molar-refractivity contribution is 0.437. The third-order valence-electron chi connectivity index (χ3n) is 2.79. The van der Waals surface area contributed by atoms with Crippen LogP contribution < -0.4 is 0 Å². The molecule has 1 aromatic heterocycles. The van der Waals surface area contributed by atoms with Gasteiger partial charge in [-0.1, -0.05) is 19.3 Å². The first-order valence-corrected chi connectivity index (χ1v) is 4.85. The molecule has 1 aliphatic rings. The van der Waals surface area contributed by atoms with Crippen molar-refractivity contribution >= 4 is 0 Å². The van der Waals surface area contributed by atoms with Gasteiger partial charge in [0.25, 0.3) is 0 Å². The van der Waals surface area contributed by atoms with Gasteiger partial charge in [-0.25, -0.2) is 4.98 Å². The Kier molecular flexibility index (Phi) is 2.31. The minimum atomic E-state index is 0.547. The van der Waals surface area contributed by atoms with E-state index < -0.39 is 0 Å². The standard InChI is InChI=1S/C10H13N3/c11-6-9-10(13-7-12-9)8-4-2-1-3-5-8/h7-8H,1-5H2,(H,12,13). The Balaban J connectivity index is 2.19. The zero-order valence-corrected chi connectivity index (χ0v) is 7.58. The molecule has 0 bridgehead atoms. The van der Waals surface area contributed by atoms with Gasteiger partial charge in [-0.05, 0) is 12.8 Å². The average Bonchev–Trinajstić information content (AvgIpc) is 2.67. The van der Waals surface area contributed by atoms with Gasteiger partial charge in [-0.3, -0.25) is 0 Å². The summed E-state index contributed by atoms with van der Waals surface area (Å²) in [7, 11) is 0. The van der Waals surface area contributed by atoms with E-state index in [2.05, 4.69) is 16.0 Å². The normalized spacial score (nSPS) is 18.4. The van der Waals surface area contributed by atoms with Gasteiger partial charge in [0.1, 0.15) is 6.07 Å². The van der Waals surface area contributed by atoms with Gasteiger partial charge in [0.2, 0.25) is 0 Å². The molecule has 1 N–H and O–H groups in total. The lowest BCUT2D eigenvalue weighted by atomic mass is 9.86. The van der Waals surface area contributed by atoms with E-state index in [9.17, 15) is 0 Å². The van der Waals surface area contributed by atoms with Crippen molar-refractivity contribution < 1.29 is 0 Å². The summed E-state index contributed by atoms with van der Waals surface area (Å²) >= 11 is 0. The van der Waals surface area contributed by atoms with Crippen LogP contribution in [0.4, 0.5) is 0 Å². The number of nitrogens with zero attached hydrogens (tertiary/aromatic N) is 2. The second kappa shape index (κ2) is 3.61. The molecule has 0 radical (unpaired) electrons. The molecule has 68 valence electrons. The molecule has 0 aromatic carbocycles. The Bertz CT molecular complexity index is 315. The van der Waals surface area contributed by atoms with Gasteiger partial charge in [-0.15, -0.1) is 0 Å². The first-order chi connectivity index (χ1) is 6.42. The molecule has 0 spiro atoms. The van der Waals surface area contributed by atoms with Crippen LogP contribution in [0.2, 0.25) is 0 Å². The van der Waals surface area contributed by atoms with Crippen LogP contribution in [0.5, 0.6) is 0 Å². The third-order valence-corrected chi connectivity index (χ3v) is 2.79. The molecule has 0 saturated heterocycles. The topological polar surface area (TPSA) is 52.5 Å². The van der Waals surface area contributed by atoms with Crippen molar-refractivity contribution in [3.05, 3.63) is 17.7 Å². The van der Waals surface area contributed by atoms with E-state index in [1.165, 1.54) is 32.1 Å². The smallest absolute Gasteiger partial charge is 0.161 e. The van der Waals surface area contributed by atoms with Crippen molar-refractivity contribution in [1.82, 2.24) is 9.97 Å². The number of nitrogens with one attached hydrogen (secondary N) is 1. The van der Waals surface area contributed by atoms with Crippen molar-refractivity contribution in [2.75, 3.05) is 0 Å². The van der Waals surface area contributed by atoms with Crippen LogP contribution in [0.1, 0.15) is 49.4 Å². The molecule has 0 aliphatic heterocycles. The van der Waals surface area contributed by atoms with Crippen LogP contribution in [0.15, 0.2) is 6.33 Å². The Hall–Kier alpha value is -1.30. The zero-order chi connectivity index (χ0) is 9.10. The summed E-state index contributed by atoms with van der Waals surface area (Å²) in [5.41, 5.74) is 1.65. The maximum Gasteiger partial charge on any atom is 0.161 e. The van der Waals surface area contributed by atoms with Crippen molar-refractivity contribution in [2.24, 2.45) is 0 Å². The Morgan fingerprint density at radius 3 is 2.85 bits per heavy atom. The molecule has 0 atom stereocenters. The van der Waals surface area contributed by atoms with Gasteiger partial charge in [0, 0.05) is 5.92 Å². The highest BCUT2D eigenvalue weighted by molar-refractivity contribution is 5.28. The van der Waals surface area contributed by atoms with Crippen LogP contribution in [0, 0.1) is 11.3 Å². The lowest BCUT2D eigenvalue weighted by Gasteiger charge is -2.20. The summed E-state index contributed by atoms with van der Waals surface area (Å²) in [5, 5.41) is 8.81. The number of H-pyrrole nitrogens is 1. The van der Waals surface area contributed by atoms with E-state index in [-0.39, 0.29) is 0 Å². The number of rotatable bonds is 1. The minimum absolute atomic E-state index is 0.547. The van der Waals surface area contributed by atoms with E-state index in [0.29, 0.717) is 11.6 Å². The van der Waals surface area contributed by atoms with E-state index in [0.717, 1.165) is 5.69 Å². The quantitative estimate of drug-likeness (QED) is 0.712. The molecular weight excluding hydrogens is 162 g/mol. The molecular formula is C10H13N3. The van der Waals surface area contributed by atoms with Crippen LogP contribution in [-0.2, 0) is 0 Å². The van der Waals surface area contributed by atoms with Crippen LogP contribution in [0.3, 0.4) is 0 Å². The summed E-state index contributed by atoms with van der Waals surface area (Å²) in [6.07, 6.45) is 7.95.